The summed E-state index contributed by atoms with van der Waals surface area (Å²) in [4.78, 5) is 22.6. The second kappa shape index (κ2) is 11.6. The molecule has 6 nitrogen and oxygen atoms in total. The number of guanidine groups is 1. The minimum absolute atomic E-state index is 0.0509. The fraction of sp³-hybridized carbons (Fsp3) is 0.667. The molecule has 0 spiro atoms. The van der Waals surface area contributed by atoms with Crippen LogP contribution in [0.2, 0.25) is 0 Å². The largest absolute Gasteiger partial charge is 0.356 e. The zero-order chi connectivity index (χ0) is 19.5. The monoisotopic (exact) mass is 373 g/mol. The highest BCUT2D eigenvalue weighted by molar-refractivity contribution is 5.86. The number of rotatable bonds is 8. The molecule has 0 aromatic carbocycles. The summed E-state index contributed by atoms with van der Waals surface area (Å²) in [6, 6.07) is 5.85. The number of nitrogens with one attached hydrogen (secondary N) is 2. The van der Waals surface area contributed by atoms with Gasteiger partial charge in [0, 0.05) is 45.5 Å². The van der Waals surface area contributed by atoms with Crippen molar-refractivity contribution in [3.05, 3.63) is 30.1 Å². The van der Waals surface area contributed by atoms with E-state index >= 15 is 0 Å². The third-order valence-electron chi connectivity index (χ3n) is 5.38. The molecule has 0 bridgehead atoms. The first-order valence-electron chi connectivity index (χ1n) is 10.2. The van der Waals surface area contributed by atoms with Gasteiger partial charge in [-0.3, -0.25) is 14.8 Å². The molecule has 1 heterocycles. The fourth-order valence-corrected chi connectivity index (χ4v) is 3.68. The SMILES string of the molecule is CN=C(NCCC1CCCC(C)C1)NCC(=O)N(C)CCc1ccccn1. The van der Waals surface area contributed by atoms with Crippen LogP contribution in [0.4, 0.5) is 0 Å². The van der Waals surface area contributed by atoms with E-state index in [9.17, 15) is 4.79 Å². The van der Waals surface area contributed by atoms with E-state index < -0.39 is 0 Å². The Hall–Kier alpha value is -2.11. The van der Waals surface area contributed by atoms with Crippen molar-refractivity contribution in [1.29, 1.82) is 0 Å². The quantitative estimate of drug-likeness (QED) is 0.542. The van der Waals surface area contributed by atoms with E-state index in [1.807, 2.05) is 25.2 Å². The lowest BCUT2D eigenvalue weighted by atomic mass is 9.81. The number of likely N-dealkylation sites (N-methyl/N-ethyl adjacent to an activating group) is 1. The molecule has 2 N–H and O–H groups in total. The highest BCUT2D eigenvalue weighted by Crippen LogP contribution is 2.30. The van der Waals surface area contributed by atoms with E-state index in [1.165, 1.54) is 32.1 Å². The summed E-state index contributed by atoms with van der Waals surface area (Å²) in [6.45, 7) is 4.17. The van der Waals surface area contributed by atoms with Gasteiger partial charge in [0.1, 0.15) is 0 Å². The van der Waals surface area contributed by atoms with Crippen molar-refractivity contribution in [3.8, 4) is 0 Å². The molecule has 1 aliphatic carbocycles. The maximum atomic E-state index is 12.3. The van der Waals surface area contributed by atoms with Crippen LogP contribution in [-0.2, 0) is 11.2 Å². The van der Waals surface area contributed by atoms with Crippen molar-refractivity contribution >= 4 is 11.9 Å². The average molecular weight is 374 g/mol. The van der Waals surface area contributed by atoms with E-state index in [-0.39, 0.29) is 12.5 Å². The second-order valence-electron chi connectivity index (χ2n) is 7.67. The van der Waals surface area contributed by atoms with Crippen LogP contribution in [-0.4, -0.2) is 55.5 Å². The summed E-state index contributed by atoms with van der Waals surface area (Å²) in [5.74, 6) is 2.43. The molecule has 1 aliphatic rings. The van der Waals surface area contributed by atoms with E-state index in [0.717, 1.165) is 30.5 Å². The molecule has 1 aromatic heterocycles. The molecule has 2 rings (SSSR count). The summed E-state index contributed by atoms with van der Waals surface area (Å²) in [5, 5.41) is 6.47. The van der Waals surface area contributed by atoms with Crippen molar-refractivity contribution in [2.24, 2.45) is 16.8 Å². The van der Waals surface area contributed by atoms with Crippen molar-refractivity contribution in [2.45, 2.75) is 45.4 Å². The molecule has 150 valence electrons. The highest BCUT2D eigenvalue weighted by Gasteiger charge is 2.18. The number of carbonyl (C=O) groups is 1. The number of pyridine rings is 1. The molecule has 1 fully saturated rings. The fourth-order valence-electron chi connectivity index (χ4n) is 3.68. The van der Waals surface area contributed by atoms with E-state index in [4.69, 9.17) is 0 Å². The third kappa shape index (κ3) is 7.97. The van der Waals surface area contributed by atoms with Gasteiger partial charge in [0.2, 0.25) is 5.91 Å². The number of aliphatic imine (C=N–C) groups is 1. The molecule has 2 atom stereocenters. The lowest BCUT2D eigenvalue weighted by Gasteiger charge is -2.27. The normalized spacial score (nSPS) is 20.2. The number of amides is 1. The summed E-state index contributed by atoms with van der Waals surface area (Å²) in [5.41, 5.74) is 1.000. The molecule has 2 unspecified atom stereocenters. The predicted octanol–water partition coefficient (Wildman–Crippen LogP) is 2.46. The number of carbonyl (C=O) groups excluding carboxylic acids is 1. The molecule has 1 aromatic rings. The summed E-state index contributed by atoms with van der Waals surface area (Å²) in [7, 11) is 3.57. The first kappa shape index (κ1) is 21.2. The maximum Gasteiger partial charge on any atom is 0.241 e. The highest BCUT2D eigenvalue weighted by atomic mass is 16.2. The van der Waals surface area contributed by atoms with Gasteiger partial charge in [0.25, 0.3) is 0 Å². The average Bonchev–Trinajstić information content (AvgIpc) is 2.69. The Morgan fingerprint density at radius 1 is 1.33 bits per heavy atom. The summed E-state index contributed by atoms with van der Waals surface area (Å²) in [6.07, 6.45) is 9.13. The number of nitrogens with zero attached hydrogens (tertiary/aromatic N) is 3. The van der Waals surface area contributed by atoms with Gasteiger partial charge in [-0.25, -0.2) is 0 Å². The van der Waals surface area contributed by atoms with Crippen LogP contribution in [0.15, 0.2) is 29.4 Å². The van der Waals surface area contributed by atoms with Crippen LogP contribution in [0.25, 0.3) is 0 Å². The first-order chi connectivity index (χ1) is 13.1. The van der Waals surface area contributed by atoms with Gasteiger partial charge < -0.3 is 15.5 Å². The van der Waals surface area contributed by atoms with Crippen LogP contribution in [0.1, 0.15) is 44.7 Å². The molecule has 0 saturated heterocycles. The Balaban J connectivity index is 1.63. The molecular weight excluding hydrogens is 338 g/mol. The van der Waals surface area contributed by atoms with Crippen LogP contribution in [0, 0.1) is 11.8 Å². The molecule has 1 saturated carbocycles. The van der Waals surface area contributed by atoms with E-state index in [0.29, 0.717) is 12.5 Å². The lowest BCUT2D eigenvalue weighted by molar-refractivity contribution is -0.128. The van der Waals surface area contributed by atoms with Gasteiger partial charge in [0.15, 0.2) is 5.96 Å². The maximum absolute atomic E-state index is 12.3. The molecule has 27 heavy (non-hydrogen) atoms. The number of hydrogen-bond donors (Lipinski definition) is 2. The Bertz CT molecular complexity index is 589. The van der Waals surface area contributed by atoms with Crippen LogP contribution < -0.4 is 10.6 Å². The molecule has 1 amide bonds. The van der Waals surface area contributed by atoms with Crippen molar-refractivity contribution in [2.75, 3.05) is 33.7 Å². The van der Waals surface area contributed by atoms with Gasteiger partial charge in [0.05, 0.1) is 6.54 Å². The van der Waals surface area contributed by atoms with Crippen LogP contribution in [0.5, 0.6) is 0 Å². The Morgan fingerprint density at radius 2 is 2.19 bits per heavy atom. The predicted molar refractivity (Wildman–Crippen MR) is 111 cm³/mol. The zero-order valence-corrected chi connectivity index (χ0v) is 17.1. The van der Waals surface area contributed by atoms with Crippen LogP contribution in [0.3, 0.4) is 0 Å². The minimum atomic E-state index is 0.0509. The molecule has 6 heteroatoms. The summed E-state index contributed by atoms with van der Waals surface area (Å²) < 4.78 is 0. The zero-order valence-electron chi connectivity index (χ0n) is 17.1. The first-order valence-corrected chi connectivity index (χ1v) is 10.2. The Morgan fingerprint density at radius 3 is 2.89 bits per heavy atom. The van der Waals surface area contributed by atoms with Gasteiger partial charge in [-0.2, -0.15) is 0 Å². The van der Waals surface area contributed by atoms with Gasteiger partial charge in [-0.15, -0.1) is 0 Å². The van der Waals surface area contributed by atoms with Crippen LogP contribution >= 0.6 is 0 Å². The lowest BCUT2D eigenvalue weighted by Crippen LogP contribution is -2.44. The summed E-state index contributed by atoms with van der Waals surface area (Å²) >= 11 is 0. The second-order valence-corrected chi connectivity index (χ2v) is 7.67. The number of hydrogen-bond acceptors (Lipinski definition) is 3. The molecule has 0 radical (unpaired) electrons. The third-order valence-corrected chi connectivity index (χ3v) is 5.38. The molecule has 0 aliphatic heterocycles. The Kier molecular flexibility index (Phi) is 9.08. The number of aromatic nitrogens is 1. The van der Waals surface area contributed by atoms with Crippen molar-refractivity contribution < 1.29 is 4.79 Å². The van der Waals surface area contributed by atoms with E-state index in [1.54, 1.807) is 18.1 Å². The smallest absolute Gasteiger partial charge is 0.241 e. The van der Waals surface area contributed by atoms with E-state index in [2.05, 4.69) is 27.5 Å². The van der Waals surface area contributed by atoms with Gasteiger partial charge in [-0.1, -0.05) is 32.3 Å². The standard InChI is InChI=1S/C21H35N5O/c1-17-7-6-8-18(15-17)10-13-24-21(22-2)25-16-20(27)26(3)14-11-19-9-4-5-12-23-19/h4-5,9,12,17-18H,6-8,10-11,13-16H2,1-3H3,(H2,22,24,25). The topological polar surface area (TPSA) is 69.6 Å². The van der Waals surface area contributed by atoms with Gasteiger partial charge in [-0.05, 0) is 36.8 Å². The minimum Gasteiger partial charge on any atom is -0.356 e. The van der Waals surface area contributed by atoms with Crippen molar-refractivity contribution in [3.63, 3.8) is 0 Å². The Labute approximate surface area is 163 Å². The molecular formula is C21H35N5O. The van der Waals surface area contributed by atoms with Gasteiger partial charge >= 0.3 is 0 Å². The van der Waals surface area contributed by atoms with Crippen molar-refractivity contribution in [1.82, 2.24) is 20.5 Å².